The number of carbonyl (C=O) groups excluding carboxylic acids is 2. The van der Waals surface area contributed by atoms with Crippen molar-refractivity contribution in [1.82, 2.24) is 5.32 Å². The summed E-state index contributed by atoms with van der Waals surface area (Å²) < 4.78 is 15.8. The fraction of sp³-hybridized carbons (Fsp3) is 0.364. The van der Waals surface area contributed by atoms with Crippen LogP contribution >= 0.6 is 0 Å². The Morgan fingerprint density at radius 1 is 1.03 bits per heavy atom. The van der Waals surface area contributed by atoms with Crippen LogP contribution in [0.4, 0.5) is 5.69 Å². The zero-order valence-corrected chi connectivity index (χ0v) is 16.9. The van der Waals surface area contributed by atoms with Gasteiger partial charge in [0.1, 0.15) is 17.2 Å². The lowest BCUT2D eigenvalue weighted by Gasteiger charge is -2.20. The molecule has 2 amide bonds. The Bertz CT molecular complexity index is 866. The van der Waals surface area contributed by atoms with E-state index in [1.165, 1.54) is 0 Å². The molecule has 1 aliphatic heterocycles. The minimum absolute atomic E-state index is 0.105. The van der Waals surface area contributed by atoms with Crippen LogP contribution in [0.25, 0.3) is 0 Å². The van der Waals surface area contributed by atoms with Crippen LogP contribution in [0.3, 0.4) is 0 Å². The van der Waals surface area contributed by atoms with E-state index in [9.17, 15) is 9.59 Å². The molecule has 7 nitrogen and oxygen atoms in total. The fourth-order valence-corrected chi connectivity index (χ4v) is 3.39. The van der Waals surface area contributed by atoms with E-state index in [1.54, 1.807) is 44.4 Å². The molecular weight excluding hydrogens is 372 g/mol. The molecule has 0 saturated carbocycles. The highest BCUT2D eigenvalue weighted by Gasteiger charge is 2.36. The number of hydrogen-bond donors (Lipinski definition) is 1. The molecule has 1 heterocycles. The second-order valence-corrected chi connectivity index (χ2v) is 6.83. The van der Waals surface area contributed by atoms with Crippen molar-refractivity contribution in [3.05, 3.63) is 48.0 Å². The SMILES string of the molecule is COc1ccc(CCNC(=O)C2CC(=O)N(c3cc(OC)ccc3OC)C2)cc1. The van der Waals surface area contributed by atoms with Crippen molar-refractivity contribution < 1.29 is 23.8 Å². The van der Waals surface area contributed by atoms with Gasteiger partial charge in [-0.15, -0.1) is 0 Å². The Labute approximate surface area is 170 Å². The predicted octanol–water partition coefficient (Wildman–Crippen LogP) is 2.42. The van der Waals surface area contributed by atoms with Crippen molar-refractivity contribution in [3.63, 3.8) is 0 Å². The molecule has 1 fully saturated rings. The van der Waals surface area contributed by atoms with Crippen molar-refractivity contribution in [2.75, 3.05) is 39.3 Å². The third-order valence-corrected chi connectivity index (χ3v) is 5.04. The summed E-state index contributed by atoms with van der Waals surface area (Å²) in [5, 5.41) is 2.94. The van der Waals surface area contributed by atoms with Gasteiger partial charge in [-0.25, -0.2) is 0 Å². The van der Waals surface area contributed by atoms with E-state index in [-0.39, 0.29) is 18.2 Å². The van der Waals surface area contributed by atoms with Gasteiger partial charge in [-0.1, -0.05) is 12.1 Å². The second kappa shape index (κ2) is 9.32. The molecule has 0 aliphatic carbocycles. The van der Waals surface area contributed by atoms with Gasteiger partial charge in [0.15, 0.2) is 0 Å². The molecular formula is C22H26N2O5. The van der Waals surface area contributed by atoms with E-state index in [1.807, 2.05) is 24.3 Å². The lowest BCUT2D eigenvalue weighted by atomic mass is 10.1. The lowest BCUT2D eigenvalue weighted by molar-refractivity contribution is -0.126. The van der Waals surface area contributed by atoms with Crippen molar-refractivity contribution in [3.8, 4) is 17.2 Å². The van der Waals surface area contributed by atoms with Crippen molar-refractivity contribution in [2.45, 2.75) is 12.8 Å². The summed E-state index contributed by atoms with van der Waals surface area (Å²) in [6.45, 7) is 0.828. The van der Waals surface area contributed by atoms with Crippen LogP contribution in [-0.4, -0.2) is 46.2 Å². The standard InChI is InChI=1S/C22H26N2O5/c1-27-17-6-4-15(5-7-17)10-11-23-22(26)16-12-21(25)24(14-16)19-13-18(28-2)8-9-20(19)29-3/h4-9,13,16H,10-12,14H2,1-3H3,(H,23,26). The van der Waals surface area contributed by atoms with Crippen molar-refractivity contribution in [1.29, 1.82) is 0 Å². The van der Waals surface area contributed by atoms with Crippen molar-refractivity contribution in [2.24, 2.45) is 5.92 Å². The van der Waals surface area contributed by atoms with E-state index in [0.29, 0.717) is 36.7 Å². The molecule has 1 aliphatic rings. The molecule has 154 valence electrons. The van der Waals surface area contributed by atoms with E-state index in [2.05, 4.69) is 5.32 Å². The Balaban J connectivity index is 1.58. The average molecular weight is 398 g/mol. The maximum atomic E-state index is 12.6. The first kappa shape index (κ1) is 20.5. The molecule has 7 heteroatoms. The Morgan fingerprint density at radius 2 is 1.72 bits per heavy atom. The van der Waals surface area contributed by atoms with Gasteiger partial charge in [-0.3, -0.25) is 9.59 Å². The van der Waals surface area contributed by atoms with Gasteiger partial charge in [0, 0.05) is 25.6 Å². The summed E-state index contributed by atoms with van der Waals surface area (Å²) in [6, 6.07) is 13.0. The number of methoxy groups -OCH3 is 3. The first-order chi connectivity index (χ1) is 14.0. The molecule has 0 spiro atoms. The second-order valence-electron chi connectivity index (χ2n) is 6.83. The maximum Gasteiger partial charge on any atom is 0.227 e. The normalized spacial score (nSPS) is 15.9. The first-order valence-corrected chi connectivity index (χ1v) is 9.48. The van der Waals surface area contributed by atoms with Crippen LogP contribution in [0, 0.1) is 5.92 Å². The number of benzene rings is 2. The highest BCUT2D eigenvalue weighted by Crippen LogP contribution is 2.36. The molecule has 2 aromatic carbocycles. The summed E-state index contributed by atoms with van der Waals surface area (Å²) in [6.07, 6.45) is 0.887. The van der Waals surface area contributed by atoms with E-state index < -0.39 is 5.92 Å². The van der Waals surface area contributed by atoms with E-state index in [0.717, 1.165) is 11.3 Å². The molecule has 1 unspecified atom stereocenters. The van der Waals surface area contributed by atoms with Crippen LogP contribution < -0.4 is 24.4 Å². The monoisotopic (exact) mass is 398 g/mol. The van der Waals surface area contributed by atoms with Crippen molar-refractivity contribution >= 4 is 17.5 Å². The third-order valence-electron chi connectivity index (χ3n) is 5.04. The van der Waals surface area contributed by atoms with Crippen LogP contribution in [-0.2, 0) is 16.0 Å². The molecule has 0 aromatic heterocycles. The zero-order valence-electron chi connectivity index (χ0n) is 16.9. The summed E-state index contributed by atoms with van der Waals surface area (Å²) in [7, 11) is 4.74. The smallest absolute Gasteiger partial charge is 0.227 e. The number of nitrogens with one attached hydrogen (secondary N) is 1. The van der Waals surface area contributed by atoms with Gasteiger partial charge in [0.25, 0.3) is 0 Å². The molecule has 0 bridgehead atoms. The largest absolute Gasteiger partial charge is 0.497 e. The van der Waals surface area contributed by atoms with E-state index >= 15 is 0 Å². The third kappa shape index (κ3) is 4.80. The Hall–Kier alpha value is -3.22. The summed E-state index contributed by atoms with van der Waals surface area (Å²) >= 11 is 0. The highest BCUT2D eigenvalue weighted by molar-refractivity contribution is 6.01. The van der Waals surface area contributed by atoms with Gasteiger partial charge in [0.05, 0.1) is 32.9 Å². The Kier molecular flexibility index (Phi) is 6.59. The first-order valence-electron chi connectivity index (χ1n) is 9.48. The number of amides is 2. The molecule has 1 N–H and O–H groups in total. The number of anilines is 1. The van der Waals surface area contributed by atoms with Crippen LogP contribution in [0.2, 0.25) is 0 Å². The predicted molar refractivity (Wildman–Crippen MR) is 110 cm³/mol. The maximum absolute atomic E-state index is 12.6. The minimum Gasteiger partial charge on any atom is -0.497 e. The fourth-order valence-electron chi connectivity index (χ4n) is 3.39. The van der Waals surface area contributed by atoms with Crippen LogP contribution in [0.5, 0.6) is 17.2 Å². The van der Waals surface area contributed by atoms with Gasteiger partial charge >= 0.3 is 0 Å². The number of carbonyl (C=O) groups is 2. The van der Waals surface area contributed by atoms with Crippen LogP contribution in [0.1, 0.15) is 12.0 Å². The summed E-state index contributed by atoms with van der Waals surface area (Å²) in [4.78, 5) is 26.7. The average Bonchev–Trinajstić information content (AvgIpc) is 3.15. The lowest BCUT2D eigenvalue weighted by Crippen LogP contribution is -2.34. The zero-order chi connectivity index (χ0) is 20.8. The van der Waals surface area contributed by atoms with Gasteiger partial charge in [-0.2, -0.15) is 0 Å². The van der Waals surface area contributed by atoms with Gasteiger partial charge in [0.2, 0.25) is 11.8 Å². The quantitative estimate of drug-likeness (QED) is 0.739. The number of nitrogens with zero attached hydrogens (tertiary/aromatic N) is 1. The van der Waals surface area contributed by atoms with Gasteiger partial charge < -0.3 is 24.4 Å². The molecule has 0 radical (unpaired) electrons. The van der Waals surface area contributed by atoms with Crippen LogP contribution in [0.15, 0.2) is 42.5 Å². The molecule has 29 heavy (non-hydrogen) atoms. The van der Waals surface area contributed by atoms with Gasteiger partial charge in [-0.05, 0) is 36.2 Å². The highest BCUT2D eigenvalue weighted by atomic mass is 16.5. The summed E-state index contributed by atoms with van der Waals surface area (Å²) in [5.74, 6) is 1.38. The topological polar surface area (TPSA) is 77.1 Å². The number of rotatable bonds is 8. The number of hydrogen-bond acceptors (Lipinski definition) is 5. The molecule has 2 aromatic rings. The summed E-state index contributed by atoms with van der Waals surface area (Å²) in [5.41, 5.74) is 1.72. The molecule has 1 atom stereocenters. The van der Waals surface area contributed by atoms with E-state index in [4.69, 9.17) is 14.2 Å². The molecule has 1 saturated heterocycles. The Morgan fingerprint density at radius 3 is 2.38 bits per heavy atom. The number of ether oxygens (including phenoxy) is 3. The molecule has 3 rings (SSSR count). The minimum atomic E-state index is -0.394.